The van der Waals surface area contributed by atoms with E-state index in [2.05, 4.69) is 121 Å². The molecule has 0 aliphatic rings. The van der Waals surface area contributed by atoms with Gasteiger partial charge >= 0.3 is 0 Å². The van der Waals surface area contributed by atoms with Gasteiger partial charge in [0.25, 0.3) is 0 Å². The van der Waals surface area contributed by atoms with Crippen molar-refractivity contribution in [2.24, 2.45) is 0 Å². The van der Waals surface area contributed by atoms with Crippen molar-refractivity contribution >= 4 is 40.4 Å². The first-order valence-electron chi connectivity index (χ1n) is 11.2. The largest absolute Gasteiger partial charge is 0.310 e. The molecule has 5 rings (SSSR count). The first-order chi connectivity index (χ1) is 16.7. The number of rotatable bonds is 6. The minimum Gasteiger partial charge on any atom is -0.310 e. The zero-order valence-electron chi connectivity index (χ0n) is 18.9. The van der Waals surface area contributed by atoms with E-state index in [9.17, 15) is 0 Å². The molecule has 5 aromatic carbocycles. The van der Waals surface area contributed by atoms with Crippen molar-refractivity contribution in [1.29, 1.82) is 0 Å². The Bertz CT molecular complexity index is 1360. The topological polar surface area (TPSA) is 3.24 Å². The number of anilines is 3. The zero-order chi connectivity index (χ0) is 23.3. The molecule has 0 N–H and O–H groups in total. The molecule has 0 aliphatic heterocycles. The van der Waals surface area contributed by atoms with Gasteiger partial charge < -0.3 is 4.90 Å². The second kappa shape index (κ2) is 10.2. The molecule has 0 spiro atoms. The maximum atomic E-state index is 6.28. The molecule has 1 nitrogen and oxygen atoms in total. The minimum atomic E-state index is 0.746. The van der Waals surface area contributed by atoms with Crippen molar-refractivity contribution in [3.8, 4) is 11.1 Å². The van der Waals surface area contributed by atoms with Crippen molar-refractivity contribution in [2.75, 3.05) is 4.90 Å². The Kier molecular flexibility index (Phi) is 6.71. The van der Waals surface area contributed by atoms with Gasteiger partial charge in [-0.25, -0.2) is 0 Å². The van der Waals surface area contributed by atoms with Crippen LogP contribution in [0.4, 0.5) is 17.1 Å². The number of hydrogen-bond donors (Lipinski definition) is 0. The van der Waals surface area contributed by atoms with E-state index in [0.29, 0.717) is 0 Å². The van der Waals surface area contributed by atoms with E-state index >= 15 is 0 Å². The van der Waals surface area contributed by atoms with Gasteiger partial charge in [0.15, 0.2) is 0 Å². The predicted molar refractivity (Wildman–Crippen MR) is 147 cm³/mol. The van der Waals surface area contributed by atoms with Crippen LogP contribution in [0, 0.1) is 6.92 Å². The highest BCUT2D eigenvalue weighted by molar-refractivity contribution is 7.99. The maximum absolute atomic E-state index is 6.28. The third-order valence-electron chi connectivity index (χ3n) is 5.67. The molecule has 5 aromatic rings. The summed E-state index contributed by atoms with van der Waals surface area (Å²) in [5.41, 5.74) is 7.03. The lowest BCUT2D eigenvalue weighted by atomic mass is 10.00. The van der Waals surface area contributed by atoms with Crippen LogP contribution < -0.4 is 4.90 Å². The number of para-hydroxylation sites is 2. The number of aryl methyl sites for hydroxylation is 1. The van der Waals surface area contributed by atoms with E-state index in [1.165, 1.54) is 16.7 Å². The third-order valence-corrected chi connectivity index (χ3v) is 6.86. The van der Waals surface area contributed by atoms with Crippen LogP contribution in [-0.4, -0.2) is 0 Å². The van der Waals surface area contributed by atoms with E-state index in [0.717, 1.165) is 31.9 Å². The molecule has 0 radical (unpaired) electrons. The molecule has 0 aromatic heterocycles. The summed E-state index contributed by atoms with van der Waals surface area (Å²) in [7, 11) is 0. The Morgan fingerprint density at radius 3 is 1.85 bits per heavy atom. The van der Waals surface area contributed by atoms with Gasteiger partial charge in [-0.15, -0.1) is 0 Å². The number of nitrogens with zero attached hydrogens (tertiary/aromatic N) is 1. The van der Waals surface area contributed by atoms with Crippen molar-refractivity contribution in [3.63, 3.8) is 0 Å². The van der Waals surface area contributed by atoms with Gasteiger partial charge in [-0.1, -0.05) is 90.1 Å². The van der Waals surface area contributed by atoms with E-state index in [1.807, 2.05) is 18.2 Å². The molecule has 0 bridgehead atoms. The smallest absolute Gasteiger partial charge is 0.0479 e. The average molecular weight is 478 g/mol. The summed E-state index contributed by atoms with van der Waals surface area (Å²) >= 11 is 8.01. The predicted octanol–water partition coefficient (Wildman–Crippen LogP) is 9.94. The Hall–Kier alpha value is -3.46. The van der Waals surface area contributed by atoms with Crippen LogP contribution in [0.1, 0.15) is 5.56 Å². The Morgan fingerprint density at radius 2 is 1.21 bits per heavy atom. The monoisotopic (exact) mass is 477 g/mol. The highest BCUT2D eigenvalue weighted by atomic mass is 35.5. The summed E-state index contributed by atoms with van der Waals surface area (Å²) in [5, 5.41) is 0.746. The summed E-state index contributed by atoms with van der Waals surface area (Å²) in [6.45, 7) is 2.16. The Morgan fingerprint density at radius 1 is 0.559 bits per heavy atom. The van der Waals surface area contributed by atoms with Gasteiger partial charge in [-0.05, 0) is 84.3 Å². The second-order valence-electron chi connectivity index (χ2n) is 8.10. The molecule has 0 aliphatic carbocycles. The van der Waals surface area contributed by atoms with Crippen LogP contribution in [0.2, 0.25) is 5.02 Å². The molecule has 0 unspecified atom stereocenters. The minimum absolute atomic E-state index is 0.746. The van der Waals surface area contributed by atoms with E-state index in [4.69, 9.17) is 11.6 Å². The van der Waals surface area contributed by atoms with Crippen molar-refractivity contribution in [1.82, 2.24) is 0 Å². The fraction of sp³-hybridized carbons (Fsp3) is 0.0323. The van der Waals surface area contributed by atoms with Gasteiger partial charge in [-0.2, -0.15) is 0 Å². The summed E-state index contributed by atoms with van der Waals surface area (Å²) in [4.78, 5) is 4.59. The van der Waals surface area contributed by atoms with Crippen molar-refractivity contribution in [3.05, 3.63) is 138 Å². The molecule has 0 atom stereocenters. The summed E-state index contributed by atoms with van der Waals surface area (Å²) < 4.78 is 0. The molecular formula is C31H24ClNS. The van der Waals surface area contributed by atoms with E-state index in [-0.39, 0.29) is 0 Å². The molecule has 3 heteroatoms. The second-order valence-corrected chi connectivity index (χ2v) is 9.68. The summed E-state index contributed by atoms with van der Waals surface area (Å²) in [5.74, 6) is 0. The van der Waals surface area contributed by atoms with Crippen LogP contribution in [0.25, 0.3) is 11.1 Å². The molecule has 0 saturated carbocycles. The fourth-order valence-corrected chi connectivity index (χ4v) is 5.32. The van der Waals surface area contributed by atoms with Crippen LogP contribution in [-0.2, 0) is 0 Å². The van der Waals surface area contributed by atoms with Crippen LogP contribution in [0.5, 0.6) is 0 Å². The van der Waals surface area contributed by atoms with Crippen molar-refractivity contribution in [2.45, 2.75) is 16.7 Å². The van der Waals surface area contributed by atoms with E-state index < -0.39 is 0 Å². The van der Waals surface area contributed by atoms with Crippen LogP contribution in [0.3, 0.4) is 0 Å². The molecule has 0 fully saturated rings. The number of halogens is 1. The molecule has 0 saturated heterocycles. The SMILES string of the molecule is Cc1ccccc1-c1cc(Sc2cccc(Cl)c2)cc(N(c2ccccc2)c2ccccc2)c1. The quantitative estimate of drug-likeness (QED) is 0.239. The molecule has 34 heavy (non-hydrogen) atoms. The molecular weight excluding hydrogens is 454 g/mol. The highest BCUT2D eigenvalue weighted by Gasteiger charge is 2.15. The standard InChI is InChI=1S/C31H24ClNS/c1-23-11-8-9-18-31(23)24-19-28(22-30(20-24)34-29-17-10-12-25(32)21-29)33(26-13-4-2-5-14-26)27-15-6-3-7-16-27/h2-22H,1H3. The van der Waals surface area contributed by atoms with Crippen molar-refractivity contribution < 1.29 is 0 Å². The van der Waals surface area contributed by atoms with Gasteiger partial charge in [0.2, 0.25) is 0 Å². The summed E-state index contributed by atoms with van der Waals surface area (Å²) in [6.07, 6.45) is 0. The zero-order valence-corrected chi connectivity index (χ0v) is 20.4. The third kappa shape index (κ3) is 5.04. The van der Waals surface area contributed by atoms with Crippen LogP contribution in [0.15, 0.2) is 137 Å². The fourth-order valence-electron chi connectivity index (χ4n) is 4.09. The van der Waals surface area contributed by atoms with E-state index in [1.54, 1.807) is 11.8 Å². The van der Waals surface area contributed by atoms with Gasteiger partial charge in [-0.3, -0.25) is 0 Å². The molecule has 0 amide bonds. The Labute approximate surface area is 210 Å². The lowest BCUT2D eigenvalue weighted by Gasteiger charge is -2.26. The summed E-state index contributed by atoms with van der Waals surface area (Å²) in [6, 6.07) is 44.4. The first kappa shape index (κ1) is 22.3. The lowest BCUT2D eigenvalue weighted by Crippen LogP contribution is -2.10. The highest BCUT2D eigenvalue weighted by Crippen LogP contribution is 2.41. The first-order valence-corrected chi connectivity index (χ1v) is 12.4. The van der Waals surface area contributed by atoms with Gasteiger partial charge in [0.1, 0.15) is 0 Å². The lowest BCUT2D eigenvalue weighted by molar-refractivity contribution is 1.26. The molecule has 166 valence electrons. The van der Waals surface area contributed by atoms with Gasteiger partial charge in [0.05, 0.1) is 0 Å². The van der Waals surface area contributed by atoms with Crippen LogP contribution >= 0.6 is 23.4 Å². The molecule has 0 heterocycles. The van der Waals surface area contributed by atoms with Gasteiger partial charge in [0, 0.05) is 31.9 Å². The normalized spacial score (nSPS) is 10.8. The number of benzene rings is 5. The average Bonchev–Trinajstić information content (AvgIpc) is 2.86. The Balaban J connectivity index is 1.69. The number of hydrogen-bond acceptors (Lipinski definition) is 2. The maximum Gasteiger partial charge on any atom is 0.0479 e.